The minimum atomic E-state index is -1.89. The normalized spacial score (nSPS) is 9.94. The van der Waals surface area contributed by atoms with Gasteiger partial charge in [-0.15, -0.1) is 0 Å². The lowest BCUT2D eigenvalue weighted by atomic mass is 10.0. The highest BCUT2D eigenvalue weighted by molar-refractivity contribution is 6.07. The highest BCUT2D eigenvalue weighted by Gasteiger charge is 2.32. The molecule has 17 heavy (non-hydrogen) atoms. The largest absolute Gasteiger partial charge is 0.504 e. The van der Waals surface area contributed by atoms with Crippen LogP contribution in [0, 0.1) is 0 Å². The predicted octanol–water partition coefficient (Wildman–Crippen LogP) is 0.0516. The van der Waals surface area contributed by atoms with Crippen LogP contribution in [0.15, 0.2) is 0 Å². The molecule has 1 aromatic rings. The van der Waals surface area contributed by atoms with E-state index in [2.05, 4.69) is 4.89 Å². The molecular formula is C8H6O9. The monoisotopic (exact) mass is 246 g/mol. The van der Waals surface area contributed by atoms with E-state index in [1.54, 1.807) is 0 Å². The molecule has 0 fully saturated rings. The van der Waals surface area contributed by atoms with Crippen molar-refractivity contribution in [3.05, 3.63) is 11.1 Å². The first-order valence-corrected chi connectivity index (χ1v) is 3.91. The molecule has 1 aromatic carbocycles. The van der Waals surface area contributed by atoms with Gasteiger partial charge < -0.3 is 30.4 Å². The fourth-order valence-electron chi connectivity index (χ4n) is 1.19. The summed E-state index contributed by atoms with van der Waals surface area (Å²) in [5.74, 6) is -8.95. The number of hydrogen-bond donors (Lipinski definition) is 6. The van der Waals surface area contributed by atoms with E-state index in [1.165, 1.54) is 0 Å². The third-order valence-electron chi connectivity index (χ3n) is 1.90. The Hall–Kier alpha value is -2.68. The van der Waals surface area contributed by atoms with Gasteiger partial charge in [-0.25, -0.2) is 14.8 Å². The van der Waals surface area contributed by atoms with Crippen LogP contribution in [0.5, 0.6) is 23.0 Å². The summed E-state index contributed by atoms with van der Waals surface area (Å²) >= 11 is 0. The number of hydrogen-bond acceptors (Lipinski definition) is 7. The quantitative estimate of drug-likeness (QED) is 0.245. The van der Waals surface area contributed by atoms with Gasteiger partial charge in [0, 0.05) is 0 Å². The molecule has 0 aliphatic rings. The Morgan fingerprint density at radius 1 is 0.824 bits per heavy atom. The molecule has 0 amide bonds. The van der Waals surface area contributed by atoms with Crippen LogP contribution in [0.1, 0.15) is 20.7 Å². The number of carboxylic acid groups (broad SMARTS) is 2. The maximum absolute atomic E-state index is 10.8. The zero-order valence-corrected chi connectivity index (χ0v) is 7.91. The van der Waals surface area contributed by atoms with Crippen LogP contribution in [0.2, 0.25) is 0 Å². The number of phenols is 3. The Labute approximate surface area is 92.3 Å². The maximum Gasteiger partial charge on any atom is 0.340 e. The average molecular weight is 246 g/mol. The fourth-order valence-corrected chi connectivity index (χ4v) is 1.19. The summed E-state index contributed by atoms with van der Waals surface area (Å²) in [5.41, 5.74) is -2.43. The molecule has 0 spiro atoms. The fraction of sp³-hybridized carbons (Fsp3) is 0. The van der Waals surface area contributed by atoms with Crippen LogP contribution in [0.4, 0.5) is 0 Å². The molecule has 9 nitrogen and oxygen atoms in total. The van der Waals surface area contributed by atoms with E-state index in [9.17, 15) is 14.7 Å². The smallest absolute Gasteiger partial charge is 0.340 e. The Kier molecular flexibility index (Phi) is 2.96. The molecule has 0 unspecified atom stereocenters. The zero-order chi connectivity index (χ0) is 13.3. The van der Waals surface area contributed by atoms with Crippen molar-refractivity contribution in [2.75, 3.05) is 0 Å². The number of aromatic hydroxyl groups is 3. The highest BCUT2D eigenvalue weighted by atomic mass is 17.1. The molecule has 1 rings (SSSR count). The number of benzene rings is 1. The molecule has 0 radical (unpaired) electrons. The van der Waals surface area contributed by atoms with E-state index in [1.807, 2.05) is 0 Å². The molecule has 0 aliphatic heterocycles. The van der Waals surface area contributed by atoms with E-state index >= 15 is 0 Å². The number of aromatic carboxylic acids is 2. The Bertz CT molecular complexity index is 504. The molecular weight excluding hydrogens is 240 g/mol. The van der Waals surface area contributed by atoms with Crippen molar-refractivity contribution in [2.24, 2.45) is 0 Å². The van der Waals surface area contributed by atoms with Gasteiger partial charge in [-0.2, -0.15) is 0 Å². The van der Waals surface area contributed by atoms with E-state index in [4.69, 9.17) is 25.7 Å². The molecule has 92 valence electrons. The molecule has 0 saturated heterocycles. The second kappa shape index (κ2) is 4.06. The summed E-state index contributed by atoms with van der Waals surface area (Å²) in [7, 11) is 0. The standard InChI is InChI=1S/C8H6O9/c9-3-1(7(12)13)2(8(14)15)6(17-16)5(11)4(3)10/h9-11,16H,(H,12,13)(H,14,15). The van der Waals surface area contributed by atoms with Crippen LogP contribution < -0.4 is 4.89 Å². The zero-order valence-electron chi connectivity index (χ0n) is 7.91. The first-order valence-electron chi connectivity index (χ1n) is 3.91. The lowest BCUT2D eigenvalue weighted by Crippen LogP contribution is -2.11. The Morgan fingerprint density at radius 2 is 1.29 bits per heavy atom. The van der Waals surface area contributed by atoms with Gasteiger partial charge in [0.15, 0.2) is 5.75 Å². The maximum atomic E-state index is 10.8. The summed E-state index contributed by atoms with van der Waals surface area (Å²) in [4.78, 5) is 25.0. The van der Waals surface area contributed by atoms with Gasteiger partial charge in [0.05, 0.1) is 0 Å². The lowest BCUT2D eigenvalue weighted by Gasteiger charge is -2.11. The van der Waals surface area contributed by atoms with Gasteiger partial charge in [-0.05, 0) is 0 Å². The van der Waals surface area contributed by atoms with Crippen molar-refractivity contribution >= 4 is 11.9 Å². The van der Waals surface area contributed by atoms with E-state index < -0.39 is 46.1 Å². The van der Waals surface area contributed by atoms with Crippen LogP contribution in [-0.4, -0.2) is 42.7 Å². The second-order valence-corrected chi connectivity index (χ2v) is 2.83. The van der Waals surface area contributed by atoms with Crippen LogP contribution >= 0.6 is 0 Å². The van der Waals surface area contributed by atoms with Gasteiger partial charge in [-0.1, -0.05) is 0 Å². The van der Waals surface area contributed by atoms with Gasteiger partial charge >= 0.3 is 11.9 Å². The van der Waals surface area contributed by atoms with Crippen molar-refractivity contribution in [2.45, 2.75) is 0 Å². The summed E-state index contributed by atoms with van der Waals surface area (Å²) in [5, 5.41) is 53.2. The van der Waals surface area contributed by atoms with E-state index in [-0.39, 0.29) is 0 Å². The third kappa shape index (κ3) is 1.74. The molecule has 0 aliphatic carbocycles. The summed E-state index contributed by atoms with van der Waals surface area (Å²) in [6, 6.07) is 0. The molecule has 0 aromatic heterocycles. The topological polar surface area (TPSA) is 165 Å². The summed E-state index contributed by atoms with van der Waals surface area (Å²) in [6.07, 6.45) is 0. The number of carbonyl (C=O) groups is 2. The molecule has 0 heterocycles. The van der Waals surface area contributed by atoms with Crippen molar-refractivity contribution in [1.29, 1.82) is 0 Å². The first kappa shape index (κ1) is 12.4. The van der Waals surface area contributed by atoms with Crippen LogP contribution in [0.25, 0.3) is 0 Å². The minimum absolute atomic E-state index is 1.19. The Morgan fingerprint density at radius 3 is 1.65 bits per heavy atom. The van der Waals surface area contributed by atoms with Crippen molar-refractivity contribution < 1.29 is 45.3 Å². The van der Waals surface area contributed by atoms with E-state index in [0.29, 0.717) is 0 Å². The SMILES string of the molecule is O=C(O)c1c(O)c(O)c(O)c(OO)c1C(=O)O. The molecule has 9 heteroatoms. The molecule has 0 saturated carbocycles. The predicted molar refractivity (Wildman–Crippen MR) is 48.6 cm³/mol. The molecule has 0 atom stereocenters. The van der Waals surface area contributed by atoms with Crippen molar-refractivity contribution in [1.82, 2.24) is 0 Å². The van der Waals surface area contributed by atoms with Gasteiger partial charge in [-0.3, -0.25) is 0 Å². The van der Waals surface area contributed by atoms with Crippen LogP contribution in [-0.2, 0) is 0 Å². The highest BCUT2D eigenvalue weighted by Crippen LogP contribution is 2.47. The van der Waals surface area contributed by atoms with Crippen molar-refractivity contribution in [3.8, 4) is 23.0 Å². The average Bonchev–Trinajstić information content (AvgIpc) is 2.24. The van der Waals surface area contributed by atoms with Crippen molar-refractivity contribution in [3.63, 3.8) is 0 Å². The Balaban J connectivity index is 3.86. The van der Waals surface area contributed by atoms with Gasteiger partial charge in [0.2, 0.25) is 17.2 Å². The minimum Gasteiger partial charge on any atom is -0.504 e. The van der Waals surface area contributed by atoms with E-state index in [0.717, 1.165) is 0 Å². The molecule has 0 bridgehead atoms. The number of phenolic OH excluding ortho intramolecular Hbond substituents is 2. The van der Waals surface area contributed by atoms with Crippen LogP contribution in [0.3, 0.4) is 0 Å². The number of carboxylic acids is 2. The first-order chi connectivity index (χ1) is 7.82. The summed E-state index contributed by atoms with van der Waals surface area (Å²) < 4.78 is 0. The second-order valence-electron chi connectivity index (χ2n) is 2.83. The third-order valence-corrected chi connectivity index (χ3v) is 1.90. The lowest BCUT2D eigenvalue weighted by molar-refractivity contribution is -0.139. The molecule has 6 N–H and O–H groups in total. The van der Waals surface area contributed by atoms with Gasteiger partial charge in [0.1, 0.15) is 11.1 Å². The van der Waals surface area contributed by atoms with Gasteiger partial charge in [0.25, 0.3) is 0 Å². The number of rotatable bonds is 3. The summed E-state index contributed by atoms with van der Waals surface area (Å²) in [6.45, 7) is 0.